The molecule has 0 fully saturated rings. The van der Waals surface area contributed by atoms with Crippen molar-refractivity contribution in [3.63, 3.8) is 0 Å². The molecule has 0 N–H and O–H groups in total. The molecule has 0 aliphatic rings. The van der Waals surface area contributed by atoms with Gasteiger partial charge in [0.25, 0.3) is 0 Å². The smallest absolute Gasteiger partial charge is 0.203 e. The lowest BCUT2D eigenvalue weighted by Crippen LogP contribution is -1.99. The Bertz CT molecular complexity index is 544. The molecule has 0 atom stereocenters. The maximum Gasteiger partial charge on any atom is 0.203 e. The minimum atomic E-state index is 0.107. The van der Waals surface area contributed by atoms with Gasteiger partial charge in [0, 0.05) is 5.56 Å². The molecule has 88 valence electrons. The average molecular weight is 309 g/mol. The second-order valence-corrected chi connectivity index (χ2v) is 6.64. The molecule has 0 radical (unpaired) electrons. The molecule has 17 heavy (non-hydrogen) atoms. The second kappa shape index (κ2) is 4.75. The van der Waals surface area contributed by atoms with E-state index >= 15 is 0 Å². The van der Waals surface area contributed by atoms with Crippen molar-refractivity contribution in [2.24, 2.45) is 0 Å². The molecule has 0 spiro atoms. The van der Waals surface area contributed by atoms with E-state index in [0.29, 0.717) is 0 Å². The molecule has 2 aromatic rings. The van der Waals surface area contributed by atoms with E-state index in [0.717, 1.165) is 30.9 Å². The lowest BCUT2D eigenvalue weighted by molar-refractivity contribution is 0.104. The zero-order valence-corrected chi connectivity index (χ0v) is 12.4. The number of ketones is 1. The minimum absolute atomic E-state index is 0.107. The molecule has 0 unspecified atom stereocenters. The van der Waals surface area contributed by atoms with E-state index in [1.54, 1.807) is 0 Å². The molecule has 0 saturated heterocycles. The molecular weight excluding hydrogens is 296 g/mol. The van der Waals surface area contributed by atoms with Gasteiger partial charge in [0.1, 0.15) is 0 Å². The number of hydrogen-bond donors (Lipinski definition) is 0. The molecule has 0 bridgehead atoms. The van der Waals surface area contributed by atoms with Crippen LogP contribution in [0.15, 0.2) is 28.1 Å². The lowest BCUT2D eigenvalue weighted by atomic mass is 10.0. The first-order valence-electron chi connectivity index (χ1n) is 5.36. The van der Waals surface area contributed by atoms with Crippen LogP contribution in [0.4, 0.5) is 0 Å². The molecule has 0 amide bonds. The van der Waals surface area contributed by atoms with Gasteiger partial charge in [0.15, 0.2) is 0 Å². The van der Waals surface area contributed by atoms with Crippen LogP contribution in [0, 0.1) is 20.8 Å². The van der Waals surface area contributed by atoms with Crippen LogP contribution in [-0.4, -0.2) is 5.78 Å². The third kappa shape index (κ3) is 2.67. The van der Waals surface area contributed by atoms with Gasteiger partial charge in [0.2, 0.25) is 5.78 Å². The fraction of sp³-hybridized carbons (Fsp3) is 0.214. The minimum Gasteiger partial charge on any atom is -0.288 e. The first-order valence-corrected chi connectivity index (χ1v) is 6.97. The van der Waals surface area contributed by atoms with E-state index in [-0.39, 0.29) is 5.78 Å². The van der Waals surface area contributed by atoms with Gasteiger partial charge in [-0.1, -0.05) is 17.2 Å². The van der Waals surface area contributed by atoms with Crippen LogP contribution in [0.1, 0.15) is 31.9 Å². The Morgan fingerprint density at radius 2 is 1.65 bits per heavy atom. The summed E-state index contributed by atoms with van der Waals surface area (Å²) in [6.45, 7) is 6.03. The van der Waals surface area contributed by atoms with Crippen molar-refractivity contribution < 1.29 is 4.79 Å². The van der Waals surface area contributed by atoms with Gasteiger partial charge in [-0.25, -0.2) is 0 Å². The van der Waals surface area contributed by atoms with Gasteiger partial charge in [0.05, 0.1) is 8.66 Å². The number of hydrogen-bond acceptors (Lipinski definition) is 2. The number of benzene rings is 1. The number of carbonyl (C=O) groups excluding carboxylic acids is 1. The summed E-state index contributed by atoms with van der Waals surface area (Å²) in [5, 5.41) is 0. The summed E-state index contributed by atoms with van der Waals surface area (Å²) in [6.07, 6.45) is 0. The lowest BCUT2D eigenvalue weighted by Gasteiger charge is -2.02. The van der Waals surface area contributed by atoms with Gasteiger partial charge in [-0.3, -0.25) is 4.79 Å². The highest BCUT2D eigenvalue weighted by Crippen LogP contribution is 2.29. The van der Waals surface area contributed by atoms with Gasteiger partial charge in [-0.05, 0) is 60.5 Å². The van der Waals surface area contributed by atoms with Gasteiger partial charge in [-0.15, -0.1) is 11.3 Å². The maximum atomic E-state index is 12.3. The second-order valence-electron chi connectivity index (χ2n) is 4.27. The number of aryl methyl sites for hydroxylation is 3. The molecule has 1 aromatic heterocycles. The van der Waals surface area contributed by atoms with E-state index in [4.69, 9.17) is 0 Å². The first-order chi connectivity index (χ1) is 7.97. The zero-order chi connectivity index (χ0) is 12.6. The molecule has 1 nitrogen and oxygen atoms in total. The summed E-state index contributed by atoms with van der Waals surface area (Å²) >= 11 is 4.95. The summed E-state index contributed by atoms with van der Waals surface area (Å²) in [7, 11) is 0. The predicted octanol–water partition coefficient (Wildman–Crippen LogP) is 4.67. The third-order valence-corrected chi connectivity index (χ3v) is 4.70. The molecular formula is C14H13BrOS. The van der Waals surface area contributed by atoms with Crippen molar-refractivity contribution in [1.82, 2.24) is 0 Å². The van der Waals surface area contributed by atoms with Crippen LogP contribution < -0.4 is 0 Å². The quantitative estimate of drug-likeness (QED) is 0.737. The monoisotopic (exact) mass is 308 g/mol. The number of carbonyl (C=O) groups is 1. The fourth-order valence-corrected chi connectivity index (χ4v) is 3.32. The van der Waals surface area contributed by atoms with Crippen LogP contribution >= 0.6 is 27.3 Å². The third-order valence-electron chi connectivity index (χ3n) is 2.56. The SMILES string of the molecule is Cc1cc(C)cc(C(=O)c2cc(C)c(Br)s2)c1. The van der Waals surface area contributed by atoms with Crippen molar-refractivity contribution in [3.8, 4) is 0 Å². The van der Waals surface area contributed by atoms with E-state index < -0.39 is 0 Å². The highest BCUT2D eigenvalue weighted by atomic mass is 79.9. The van der Waals surface area contributed by atoms with Crippen molar-refractivity contribution in [1.29, 1.82) is 0 Å². The van der Waals surface area contributed by atoms with E-state index in [1.807, 2.05) is 39.0 Å². The number of halogens is 1. The molecule has 1 aromatic carbocycles. The average Bonchev–Trinajstić information content (AvgIpc) is 2.57. The number of thiophene rings is 1. The highest BCUT2D eigenvalue weighted by molar-refractivity contribution is 9.11. The maximum absolute atomic E-state index is 12.3. The van der Waals surface area contributed by atoms with E-state index in [9.17, 15) is 4.79 Å². The van der Waals surface area contributed by atoms with E-state index in [2.05, 4.69) is 22.0 Å². The van der Waals surface area contributed by atoms with Crippen LogP contribution in [0.25, 0.3) is 0 Å². The Hall–Kier alpha value is -0.930. The first kappa shape index (κ1) is 12.5. The zero-order valence-electron chi connectivity index (χ0n) is 10.0. The Kier molecular flexibility index (Phi) is 3.50. The summed E-state index contributed by atoms with van der Waals surface area (Å²) in [5.74, 6) is 0.107. The summed E-state index contributed by atoms with van der Waals surface area (Å²) in [4.78, 5) is 13.1. The van der Waals surface area contributed by atoms with Gasteiger partial charge in [-0.2, -0.15) is 0 Å². The molecule has 0 aliphatic carbocycles. The normalized spacial score (nSPS) is 10.6. The Balaban J connectivity index is 2.43. The largest absolute Gasteiger partial charge is 0.288 e. The standard InChI is InChI=1S/C14H13BrOS/c1-8-4-9(2)6-11(5-8)13(16)12-7-10(3)14(15)17-12/h4-7H,1-3H3. The van der Waals surface area contributed by atoms with Crippen LogP contribution in [0.5, 0.6) is 0 Å². The van der Waals surface area contributed by atoms with Crippen molar-refractivity contribution in [2.45, 2.75) is 20.8 Å². The van der Waals surface area contributed by atoms with Crippen LogP contribution in [0.2, 0.25) is 0 Å². The molecule has 1 heterocycles. The molecule has 3 heteroatoms. The molecule has 0 aliphatic heterocycles. The Morgan fingerprint density at radius 1 is 1.06 bits per heavy atom. The Morgan fingerprint density at radius 3 is 2.12 bits per heavy atom. The molecule has 0 saturated carbocycles. The summed E-state index contributed by atoms with van der Waals surface area (Å²) in [5.41, 5.74) is 4.14. The van der Waals surface area contributed by atoms with Crippen LogP contribution in [0.3, 0.4) is 0 Å². The highest BCUT2D eigenvalue weighted by Gasteiger charge is 2.13. The van der Waals surface area contributed by atoms with Crippen LogP contribution in [-0.2, 0) is 0 Å². The van der Waals surface area contributed by atoms with Gasteiger partial charge >= 0.3 is 0 Å². The van der Waals surface area contributed by atoms with Crippen molar-refractivity contribution in [3.05, 3.63) is 55.2 Å². The van der Waals surface area contributed by atoms with Crippen molar-refractivity contribution >= 4 is 33.0 Å². The molecule has 2 rings (SSSR count). The fourth-order valence-electron chi connectivity index (χ4n) is 1.82. The summed E-state index contributed by atoms with van der Waals surface area (Å²) < 4.78 is 1.03. The van der Waals surface area contributed by atoms with Gasteiger partial charge < -0.3 is 0 Å². The Labute approximate surface area is 114 Å². The van der Waals surface area contributed by atoms with Crippen molar-refractivity contribution in [2.75, 3.05) is 0 Å². The number of rotatable bonds is 2. The summed E-state index contributed by atoms with van der Waals surface area (Å²) in [6, 6.07) is 7.90. The van der Waals surface area contributed by atoms with E-state index in [1.165, 1.54) is 11.3 Å². The predicted molar refractivity (Wildman–Crippen MR) is 76.1 cm³/mol. The topological polar surface area (TPSA) is 17.1 Å².